The van der Waals surface area contributed by atoms with Gasteiger partial charge in [0.05, 0.1) is 23.9 Å². The summed E-state index contributed by atoms with van der Waals surface area (Å²) in [5, 5.41) is 12.4. The van der Waals surface area contributed by atoms with Crippen LogP contribution < -0.4 is 10.1 Å². The first-order chi connectivity index (χ1) is 12.5. The molecule has 0 fully saturated rings. The Balaban J connectivity index is 1.53. The lowest BCUT2D eigenvalue weighted by Gasteiger charge is -2.34. The van der Waals surface area contributed by atoms with Crippen LogP contribution >= 0.6 is 0 Å². The van der Waals surface area contributed by atoms with Crippen molar-refractivity contribution in [2.45, 2.75) is 46.0 Å². The number of hydrogen-bond donors (Lipinski definition) is 1. The van der Waals surface area contributed by atoms with Gasteiger partial charge in [-0.3, -0.25) is 4.98 Å². The molecule has 1 aromatic heterocycles. The molecule has 26 heavy (non-hydrogen) atoms. The van der Waals surface area contributed by atoms with Gasteiger partial charge in [0.2, 0.25) is 5.79 Å². The van der Waals surface area contributed by atoms with Gasteiger partial charge in [-0.2, -0.15) is 5.26 Å². The first kappa shape index (κ1) is 18.4. The van der Waals surface area contributed by atoms with E-state index in [1.165, 1.54) is 11.1 Å². The molecule has 0 bridgehead atoms. The first-order valence-electron chi connectivity index (χ1n) is 8.98. The third-order valence-electron chi connectivity index (χ3n) is 4.53. The van der Waals surface area contributed by atoms with Crippen molar-refractivity contribution in [3.63, 3.8) is 0 Å². The Kier molecular flexibility index (Phi) is 5.55. The Hall–Kier alpha value is -2.42. The minimum Gasteiger partial charge on any atom is -0.461 e. The fraction of sp³-hybridized carbons (Fsp3) is 0.429. The fourth-order valence-electron chi connectivity index (χ4n) is 3.08. The Labute approximate surface area is 155 Å². The number of hydrogen-bond acceptors (Lipinski definition) is 5. The molecule has 1 N–H and O–H groups in total. The van der Waals surface area contributed by atoms with Crippen LogP contribution in [0.15, 0.2) is 30.5 Å². The van der Waals surface area contributed by atoms with E-state index in [2.05, 4.69) is 22.4 Å². The van der Waals surface area contributed by atoms with E-state index >= 15 is 0 Å². The number of nitriles is 1. The third-order valence-corrected chi connectivity index (χ3v) is 4.53. The summed E-state index contributed by atoms with van der Waals surface area (Å²) in [6.07, 6.45) is 3.71. The van der Waals surface area contributed by atoms with Crippen molar-refractivity contribution in [1.29, 1.82) is 5.26 Å². The maximum Gasteiger partial charge on any atom is 0.205 e. The molecule has 1 aromatic carbocycles. The lowest BCUT2D eigenvalue weighted by atomic mass is 10.0. The molecule has 1 aliphatic rings. The number of nitrogens with one attached hydrogen (secondary N) is 1. The standard InChI is InChI=1S/C21H25N3O2/c1-15-20-19(14-25-21(2,3)26-20)18(13-24-15)8-10-23-9-7-16-5-4-6-17(11-16)12-22/h4-6,11,13,23H,7-10,14H2,1-3H3. The summed E-state index contributed by atoms with van der Waals surface area (Å²) in [6.45, 7) is 8.10. The number of benzene rings is 1. The largest absolute Gasteiger partial charge is 0.461 e. The Morgan fingerprint density at radius 2 is 2.08 bits per heavy atom. The van der Waals surface area contributed by atoms with Crippen LogP contribution in [-0.4, -0.2) is 23.9 Å². The maximum absolute atomic E-state index is 8.95. The van der Waals surface area contributed by atoms with Gasteiger partial charge in [0.25, 0.3) is 0 Å². The monoisotopic (exact) mass is 351 g/mol. The van der Waals surface area contributed by atoms with Crippen LogP contribution in [0.5, 0.6) is 5.75 Å². The molecule has 5 heteroatoms. The van der Waals surface area contributed by atoms with Crippen molar-refractivity contribution in [2.24, 2.45) is 0 Å². The van der Waals surface area contributed by atoms with Crippen molar-refractivity contribution < 1.29 is 9.47 Å². The topological polar surface area (TPSA) is 67.2 Å². The highest BCUT2D eigenvalue weighted by Crippen LogP contribution is 2.35. The number of aryl methyl sites for hydroxylation is 1. The van der Waals surface area contributed by atoms with Crippen LogP contribution in [0.2, 0.25) is 0 Å². The molecule has 0 unspecified atom stereocenters. The van der Waals surface area contributed by atoms with Crippen LogP contribution in [0.25, 0.3) is 0 Å². The van der Waals surface area contributed by atoms with Crippen molar-refractivity contribution >= 4 is 0 Å². The zero-order valence-corrected chi connectivity index (χ0v) is 15.6. The SMILES string of the molecule is Cc1ncc(CCNCCc2cccc(C#N)c2)c2c1OC(C)(C)OC2. The lowest BCUT2D eigenvalue weighted by molar-refractivity contribution is -0.180. The quantitative estimate of drug-likeness (QED) is 0.809. The van der Waals surface area contributed by atoms with Crippen LogP contribution in [0.4, 0.5) is 0 Å². The van der Waals surface area contributed by atoms with Gasteiger partial charge in [0, 0.05) is 25.6 Å². The smallest absolute Gasteiger partial charge is 0.205 e. The van der Waals surface area contributed by atoms with Gasteiger partial charge < -0.3 is 14.8 Å². The number of ether oxygens (including phenoxy) is 2. The van der Waals surface area contributed by atoms with Crippen LogP contribution in [0.1, 0.15) is 41.8 Å². The van der Waals surface area contributed by atoms with E-state index in [9.17, 15) is 0 Å². The van der Waals surface area contributed by atoms with Gasteiger partial charge >= 0.3 is 0 Å². The number of pyridine rings is 1. The van der Waals surface area contributed by atoms with Crippen molar-refractivity contribution in [3.05, 3.63) is 58.4 Å². The average Bonchev–Trinajstić information content (AvgIpc) is 2.63. The van der Waals surface area contributed by atoms with Crippen LogP contribution in [-0.2, 0) is 24.2 Å². The zero-order valence-electron chi connectivity index (χ0n) is 15.6. The van der Waals surface area contributed by atoms with E-state index in [0.717, 1.165) is 42.9 Å². The highest BCUT2D eigenvalue weighted by Gasteiger charge is 2.30. The van der Waals surface area contributed by atoms with E-state index < -0.39 is 5.79 Å². The third kappa shape index (κ3) is 4.40. The molecule has 2 heterocycles. The summed E-state index contributed by atoms with van der Waals surface area (Å²) in [5.74, 6) is 0.265. The van der Waals surface area contributed by atoms with E-state index in [0.29, 0.717) is 12.2 Å². The number of aromatic nitrogens is 1. The Morgan fingerprint density at radius 3 is 2.88 bits per heavy atom. The molecule has 0 saturated carbocycles. The number of rotatable bonds is 6. The van der Waals surface area contributed by atoms with Gasteiger partial charge in [-0.1, -0.05) is 12.1 Å². The zero-order chi connectivity index (χ0) is 18.6. The molecule has 5 nitrogen and oxygen atoms in total. The number of nitrogens with zero attached hydrogens (tertiary/aromatic N) is 2. The van der Waals surface area contributed by atoms with Gasteiger partial charge in [0.1, 0.15) is 5.75 Å². The molecule has 0 atom stereocenters. The summed E-state index contributed by atoms with van der Waals surface area (Å²) in [7, 11) is 0. The molecule has 136 valence electrons. The summed E-state index contributed by atoms with van der Waals surface area (Å²) >= 11 is 0. The van der Waals surface area contributed by atoms with E-state index in [-0.39, 0.29) is 0 Å². The number of fused-ring (bicyclic) bond motifs is 1. The molecular formula is C21H25N3O2. The lowest BCUT2D eigenvalue weighted by Crippen LogP contribution is -2.36. The predicted octanol–water partition coefficient (Wildman–Crippen LogP) is 3.28. The second kappa shape index (κ2) is 7.86. The predicted molar refractivity (Wildman–Crippen MR) is 99.9 cm³/mol. The van der Waals surface area contributed by atoms with Gasteiger partial charge in [-0.15, -0.1) is 0 Å². The van der Waals surface area contributed by atoms with Crippen LogP contribution in [0.3, 0.4) is 0 Å². The van der Waals surface area contributed by atoms with Gasteiger partial charge in [0.15, 0.2) is 0 Å². The van der Waals surface area contributed by atoms with E-state index in [1.54, 1.807) is 0 Å². The summed E-state index contributed by atoms with van der Waals surface area (Å²) in [4.78, 5) is 4.48. The van der Waals surface area contributed by atoms with E-state index in [4.69, 9.17) is 14.7 Å². The highest BCUT2D eigenvalue weighted by molar-refractivity contribution is 5.43. The molecule has 0 spiro atoms. The summed E-state index contributed by atoms with van der Waals surface area (Å²) < 4.78 is 11.8. The van der Waals surface area contributed by atoms with Gasteiger partial charge in [-0.05, 0) is 56.1 Å². The summed E-state index contributed by atoms with van der Waals surface area (Å²) in [5.41, 5.74) is 5.07. The molecule has 0 aliphatic carbocycles. The highest BCUT2D eigenvalue weighted by atomic mass is 16.7. The van der Waals surface area contributed by atoms with Crippen molar-refractivity contribution in [3.8, 4) is 11.8 Å². The minimum absolute atomic E-state index is 0.558. The van der Waals surface area contributed by atoms with Crippen LogP contribution in [0, 0.1) is 18.3 Å². The van der Waals surface area contributed by atoms with Gasteiger partial charge in [-0.25, -0.2) is 0 Å². The second-order valence-corrected chi connectivity index (χ2v) is 7.03. The first-order valence-corrected chi connectivity index (χ1v) is 8.98. The Morgan fingerprint density at radius 1 is 1.27 bits per heavy atom. The minimum atomic E-state index is -0.603. The van der Waals surface area contributed by atoms with Crippen molar-refractivity contribution in [1.82, 2.24) is 10.3 Å². The molecule has 2 aromatic rings. The Bertz CT molecular complexity index is 824. The molecule has 1 aliphatic heterocycles. The molecule has 3 rings (SSSR count). The van der Waals surface area contributed by atoms with E-state index in [1.807, 2.05) is 45.2 Å². The maximum atomic E-state index is 8.95. The second-order valence-electron chi connectivity index (χ2n) is 7.03. The average molecular weight is 351 g/mol. The molecule has 0 amide bonds. The normalized spacial score (nSPS) is 15.0. The molecule has 0 saturated heterocycles. The molecule has 0 radical (unpaired) electrons. The fourth-order valence-corrected chi connectivity index (χ4v) is 3.08. The summed E-state index contributed by atoms with van der Waals surface area (Å²) in [6, 6.07) is 9.94. The van der Waals surface area contributed by atoms with Crippen molar-refractivity contribution in [2.75, 3.05) is 13.1 Å². The molecular weight excluding hydrogens is 326 g/mol.